The van der Waals surface area contributed by atoms with E-state index in [-0.39, 0.29) is 28.3 Å². The van der Waals surface area contributed by atoms with Gasteiger partial charge in [-0.25, -0.2) is 13.8 Å². The lowest BCUT2D eigenvalue weighted by atomic mass is 10.1. The van der Waals surface area contributed by atoms with Crippen LogP contribution in [0.3, 0.4) is 0 Å². The molecular formula is C20H14F2N4O3S. The van der Waals surface area contributed by atoms with Gasteiger partial charge < -0.3 is 10.2 Å². The van der Waals surface area contributed by atoms with Gasteiger partial charge in [0.2, 0.25) is 0 Å². The van der Waals surface area contributed by atoms with Crippen molar-refractivity contribution in [3.8, 4) is 11.4 Å². The molecule has 0 fully saturated rings. The Morgan fingerprint density at radius 1 is 1.13 bits per heavy atom. The third-order valence-electron chi connectivity index (χ3n) is 4.26. The summed E-state index contributed by atoms with van der Waals surface area (Å²) in [5.41, 5.74) is 1.08. The number of halogens is 2. The Bertz CT molecular complexity index is 1230. The zero-order chi connectivity index (χ0) is 21.3. The van der Waals surface area contributed by atoms with Crippen molar-refractivity contribution in [3.63, 3.8) is 0 Å². The van der Waals surface area contributed by atoms with Crippen molar-refractivity contribution >= 4 is 32.6 Å². The van der Waals surface area contributed by atoms with Crippen LogP contribution in [-0.4, -0.2) is 37.7 Å². The smallest absolute Gasteiger partial charge is 0.259 e. The first-order chi connectivity index (χ1) is 14.4. The van der Waals surface area contributed by atoms with Crippen LogP contribution in [0.1, 0.15) is 22.0 Å². The van der Waals surface area contributed by atoms with E-state index in [0.717, 1.165) is 17.4 Å². The maximum Gasteiger partial charge on any atom is 0.259 e. The summed E-state index contributed by atoms with van der Waals surface area (Å²) in [5, 5.41) is 21.4. The molecule has 0 bridgehead atoms. The SMILES string of the molecule is O=C(Nc1nc2ccc(F)cc2s1)c1ccc(-c2ncc([C@H](O)CO)cc2F)nc1. The van der Waals surface area contributed by atoms with Crippen LogP contribution in [0, 0.1) is 11.6 Å². The van der Waals surface area contributed by atoms with Gasteiger partial charge in [0.05, 0.1) is 28.1 Å². The third-order valence-corrected chi connectivity index (χ3v) is 5.19. The number of anilines is 1. The zero-order valence-electron chi connectivity index (χ0n) is 15.2. The highest BCUT2D eigenvalue weighted by Gasteiger charge is 2.15. The second-order valence-electron chi connectivity index (χ2n) is 6.31. The van der Waals surface area contributed by atoms with Crippen LogP contribution in [-0.2, 0) is 0 Å². The molecule has 0 aliphatic heterocycles. The first-order valence-corrected chi connectivity index (χ1v) is 9.54. The molecule has 7 nitrogen and oxygen atoms in total. The molecule has 4 aromatic rings. The molecule has 1 amide bonds. The number of nitrogens with zero attached hydrogens (tertiary/aromatic N) is 3. The Morgan fingerprint density at radius 2 is 1.97 bits per heavy atom. The van der Waals surface area contributed by atoms with Crippen molar-refractivity contribution in [3.05, 3.63) is 71.6 Å². The molecule has 1 aromatic carbocycles. The molecule has 30 heavy (non-hydrogen) atoms. The molecule has 3 aromatic heterocycles. The van der Waals surface area contributed by atoms with Gasteiger partial charge >= 0.3 is 0 Å². The fourth-order valence-electron chi connectivity index (χ4n) is 2.72. The number of pyridine rings is 2. The number of aromatic nitrogens is 3. The fourth-order valence-corrected chi connectivity index (χ4v) is 3.60. The van der Waals surface area contributed by atoms with Crippen molar-refractivity contribution < 1.29 is 23.8 Å². The summed E-state index contributed by atoms with van der Waals surface area (Å²) in [6, 6.07) is 8.13. The molecule has 0 unspecified atom stereocenters. The summed E-state index contributed by atoms with van der Waals surface area (Å²) in [7, 11) is 0. The van der Waals surface area contributed by atoms with Crippen LogP contribution < -0.4 is 5.32 Å². The number of rotatable bonds is 5. The van der Waals surface area contributed by atoms with Crippen LogP contribution >= 0.6 is 11.3 Å². The van der Waals surface area contributed by atoms with Crippen LogP contribution in [0.4, 0.5) is 13.9 Å². The predicted octanol–water partition coefficient (Wildman–Crippen LogP) is 3.31. The van der Waals surface area contributed by atoms with E-state index >= 15 is 0 Å². The summed E-state index contributed by atoms with van der Waals surface area (Å²) < 4.78 is 28.2. The molecule has 0 aliphatic rings. The van der Waals surface area contributed by atoms with Gasteiger partial charge in [-0.15, -0.1) is 0 Å². The number of hydrogen-bond donors (Lipinski definition) is 3. The van der Waals surface area contributed by atoms with Gasteiger partial charge in [-0.2, -0.15) is 0 Å². The van der Waals surface area contributed by atoms with Crippen molar-refractivity contribution in [1.29, 1.82) is 0 Å². The van der Waals surface area contributed by atoms with E-state index in [1.165, 1.54) is 42.7 Å². The average molecular weight is 428 g/mol. The van der Waals surface area contributed by atoms with Crippen molar-refractivity contribution in [2.24, 2.45) is 0 Å². The lowest BCUT2D eigenvalue weighted by Gasteiger charge is -2.09. The molecule has 0 saturated heterocycles. The Labute approximate surface area is 172 Å². The average Bonchev–Trinajstić information content (AvgIpc) is 3.14. The van der Waals surface area contributed by atoms with Crippen LogP contribution in [0.2, 0.25) is 0 Å². The summed E-state index contributed by atoms with van der Waals surface area (Å²) >= 11 is 1.14. The second kappa shape index (κ2) is 8.19. The first-order valence-electron chi connectivity index (χ1n) is 8.73. The van der Waals surface area contributed by atoms with Gasteiger partial charge in [0.1, 0.15) is 17.6 Å². The minimum Gasteiger partial charge on any atom is -0.393 e. The van der Waals surface area contributed by atoms with Crippen molar-refractivity contribution in [2.45, 2.75) is 6.10 Å². The molecule has 152 valence electrons. The molecule has 0 saturated carbocycles. The molecule has 10 heteroatoms. The highest BCUT2D eigenvalue weighted by atomic mass is 32.1. The fraction of sp³-hybridized carbons (Fsp3) is 0.100. The Balaban J connectivity index is 1.52. The molecule has 4 rings (SSSR count). The quantitative estimate of drug-likeness (QED) is 0.450. The van der Waals surface area contributed by atoms with E-state index in [1.54, 1.807) is 0 Å². The summed E-state index contributed by atoms with van der Waals surface area (Å²) in [4.78, 5) is 24.7. The maximum absolute atomic E-state index is 14.3. The zero-order valence-corrected chi connectivity index (χ0v) is 16.0. The highest BCUT2D eigenvalue weighted by Crippen LogP contribution is 2.27. The molecule has 3 N–H and O–H groups in total. The maximum atomic E-state index is 14.3. The summed E-state index contributed by atoms with van der Waals surface area (Å²) in [5.74, 6) is -1.57. The molecule has 0 aliphatic carbocycles. The van der Waals surface area contributed by atoms with Crippen LogP contribution in [0.25, 0.3) is 21.6 Å². The van der Waals surface area contributed by atoms with E-state index in [0.29, 0.717) is 15.3 Å². The molecular weight excluding hydrogens is 414 g/mol. The number of carbonyl (C=O) groups is 1. The lowest BCUT2D eigenvalue weighted by Crippen LogP contribution is -2.12. The summed E-state index contributed by atoms with van der Waals surface area (Å²) in [6.07, 6.45) is 1.30. The van der Waals surface area contributed by atoms with Crippen LogP contribution in [0.15, 0.2) is 48.8 Å². The number of aliphatic hydroxyl groups is 2. The van der Waals surface area contributed by atoms with Gasteiger partial charge in [0, 0.05) is 18.0 Å². The van der Waals surface area contributed by atoms with Gasteiger partial charge in [0.15, 0.2) is 10.9 Å². The Kier molecular flexibility index (Phi) is 5.44. The Hall–Kier alpha value is -3.34. The summed E-state index contributed by atoms with van der Waals surface area (Å²) in [6.45, 7) is -0.549. The number of carbonyl (C=O) groups excluding carboxylic acids is 1. The number of thiazole rings is 1. The minimum absolute atomic E-state index is 0.0518. The largest absolute Gasteiger partial charge is 0.393 e. The van der Waals surface area contributed by atoms with Gasteiger partial charge in [-0.1, -0.05) is 11.3 Å². The number of aliphatic hydroxyl groups excluding tert-OH is 2. The van der Waals surface area contributed by atoms with Crippen molar-refractivity contribution in [1.82, 2.24) is 15.0 Å². The van der Waals surface area contributed by atoms with Crippen molar-refractivity contribution in [2.75, 3.05) is 11.9 Å². The van der Waals surface area contributed by atoms with E-state index in [1.807, 2.05) is 0 Å². The lowest BCUT2D eigenvalue weighted by molar-refractivity contribution is 0.0951. The van der Waals surface area contributed by atoms with Gasteiger partial charge in [0.25, 0.3) is 5.91 Å². The number of nitrogens with one attached hydrogen (secondary N) is 1. The van der Waals surface area contributed by atoms with E-state index in [9.17, 15) is 18.7 Å². The highest BCUT2D eigenvalue weighted by molar-refractivity contribution is 7.22. The van der Waals surface area contributed by atoms with E-state index < -0.39 is 24.4 Å². The standard InChI is InChI=1S/C20H14F2N4O3S/c21-12-2-4-14-17(6-12)30-20(25-14)26-19(29)10-1-3-15(23-7-10)18-13(22)5-11(8-24-18)16(28)9-27/h1-8,16,27-28H,9H2,(H,25,26,29)/t16-/m1/s1. The number of fused-ring (bicyclic) bond motifs is 1. The van der Waals surface area contributed by atoms with Crippen LogP contribution in [0.5, 0.6) is 0 Å². The van der Waals surface area contributed by atoms with Gasteiger partial charge in [-0.05, 0) is 36.4 Å². The first kappa shape index (κ1) is 20.0. The number of benzene rings is 1. The second-order valence-corrected chi connectivity index (χ2v) is 7.35. The molecule has 0 spiro atoms. The monoisotopic (exact) mass is 428 g/mol. The topological polar surface area (TPSA) is 108 Å². The van der Waals surface area contributed by atoms with E-state index in [2.05, 4.69) is 20.3 Å². The predicted molar refractivity (Wildman–Crippen MR) is 107 cm³/mol. The molecule has 3 heterocycles. The molecule has 1 atom stereocenters. The normalized spacial score (nSPS) is 12.1. The third kappa shape index (κ3) is 4.01. The Morgan fingerprint density at radius 3 is 2.67 bits per heavy atom. The number of amides is 1. The van der Waals surface area contributed by atoms with Gasteiger partial charge in [-0.3, -0.25) is 20.1 Å². The van der Waals surface area contributed by atoms with E-state index in [4.69, 9.17) is 5.11 Å². The minimum atomic E-state index is -1.22. The molecule has 0 radical (unpaired) electrons. The number of hydrogen-bond acceptors (Lipinski definition) is 7.